The predicted molar refractivity (Wildman–Crippen MR) is 84.1 cm³/mol. The van der Waals surface area contributed by atoms with Gasteiger partial charge in [-0.1, -0.05) is 32.4 Å². The molecule has 0 bridgehead atoms. The summed E-state index contributed by atoms with van der Waals surface area (Å²) in [5, 5.41) is 3.64. The number of nitrogens with one attached hydrogen (secondary N) is 1. The molecule has 1 atom stereocenters. The highest BCUT2D eigenvalue weighted by molar-refractivity contribution is 5.76. The molecule has 1 saturated heterocycles. The molecule has 1 aromatic heterocycles. The average molecular weight is 271 g/mol. The zero-order valence-electron chi connectivity index (χ0n) is 12.6. The summed E-state index contributed by atoms with van der Waals surface area (Å²) in [4.78, 5) is 4.82. The Kier molecular flexibility index (Phi) is 4.06. The van der Waals surface area contributed by atoms with E-state index >= 15 is 0 Å². The quantitative estimate of drug-likeness (QED) is 0.919. The van der Waals surface area contributed by atoms with Gasteiger partial charge in [-0.2, -0.15) is 0 Å². The molecule has 1 aliphatic rings. The number of nitrogens with zero attached hydrogens (tertiary/aromatic N) is 2. The van der Waals surface area contributed by atoms with Crippen molar-refractivity contribution in [1.29, 1.82) is 0 Å². The van der Waals surface area contributed by atoms with Crippen LogP contribution >= 0.6 is 0 Å². The second-order valence-corrected chi connectivity index (χ2v) is 6.20. The summed E-state index contributed by atoms with van der Waals surface area (Å²) in [7, 11) is 0. The standard InChI is InChI=1S/C17H25N3/c1-13(2)17-19-15-8-3-4-9-16(15)20(17)12-10-14-7-5-6-11-18-14/h3-4,8-9,13-14,18H,5-7,10-12H2,1-2H3. The number of fused-ring (bicyclic) bond motifs is 1. The molecule has 3 rings (SSSR count). The van der Waals surface area contributed by atoms with Crippen LogP contribution in [0.1, 0.15) is 51.3 Å². The first kappa shape index (κ1) is 13.6. The highest BCUT2D eigenvalue weighted by Gasteiger charge is 2.16. The molecule has 0 radical (unpaired) electrons. The number of para-hydroxylation sites is 2. The summed E-state index contributed by atoms with van der Waals surface area (Å²) in [6.45, 7) is 6.73. The van der Waals surface area contributed by atoms with E-state index in [4.69, 9.17) is 4.98 Å². The average Bonchev–Trinajstić information content (AvgIpc) is 2.85. The van der Waals surface area contributed by atoms with Crippen molar-refractivity contribution in [2.24, 2.45) is 0 Å². The summed E-state index contributed by atoms with van der Waals surface area (Å²) < 4.78 is 2.43. The molecule has 0 spiro atoms. The zero-order chi connectivity index (χ0) is 13.9. The van der Waals surface area contributed by atoms with Crippen LogP contribution in [-0.4, -0.2) is 22.1 Å². The Bertz CT molecular complexity index is 565. The second kappa shape index (κ2) is 5.96. The molecule has 2 heterocycles. The molecule has 2 aromatic rings. The van der Waals surface area contributed by atoms with Crippen LogP contribution in [0.15, 0.2) is 24.3 Å². The van der Waals surface area contributed by atoms with Crippen molar-refractivity contribution in [3.63, 3.8) is 0 Å². The van der Waals surface area contributed by atoms with Gasteiger partial charge < -0.3 is 9.88 Å². The molecular formula is C17H25N3. The normalized spacial score (nSPS) is 19.9. The highest BCUT2D eigenvalue weighted by atomic mass is 15.1. The van der Waals surface area contributed by atoms with E-state index in [2.05, 4.69) is 48.0 Å². The highest BCUT2D eigenvalue weighted by Crippen LogP contribution is 2.23. The van der Waals surface area contributed by atoms with Crippen LogP contribution in [0.4, 0.5) is 0 Å². The summed E-state index contributed by atoms with van der Waals surface area (Å²) >= 11 is 0. The van der Waals surface area contributed by atoms with Crippen LogP contribution in [0.25, 0.3) is 11.0 Å². The van der Waals surface area contributed by atoms with Crippen molar-refractivity contribution in [3.8, 4) is 0 Å². The van der Waals surface area contributed by atoms with Crippen molar-refractivity contribution in [3.05, 3.63) is 30.1 Å². The van der Waals surface area contributed by atoms with Crippen molar-refractivity contribution >= 4 is 11.0 Å². The fraction of sp³-hybridized carbons (Fsp3) is 0.588. The van der Waals surface area contributed by atoms with Gasteiger partial charge in [0.05, 0.1) is 11.0 Å². The molecule has 20 heavy (non-hydrogen) atoms. The minimum absolute atomic E-state index is 0.474. The van der Waals surface area contributed by atoms with E-state index in [-0.39, 0.29) is 0 Å². The topological polar surface area (TPSA) is 29.9 Å². The minimum Gasteiger partial charge on any atom is -0.328 e. The first-order valence-corrected chi connectivity index (χ1v) is 7.94. The van der Waals surface area contributed by atoms with Gasteiger partial charge in [-0.3, -0.25) is 0 Å². The van der Waals surface area contributed by atoms with Crippen molar-refractivity contribution in [1.82, 2.24) is 14.9 Å². The van der Waals surface area contributed by atoms with Gasteiger partial charge in [-0.15, -0.1) is 0 Å². The molecule has 1 aromatic carbocycles. The number of aryl methyl sites for hydroxylation is 1. The third kappa shape index (κ3) is 2.73. The van der Waals surface area contributed by atoms with Gasteiger partial charge in [-0.05, 0) is 37.9 Å². The largest absolute Gasteiger partial charge is 0.328 e. The number of piperidine rings is 1. The number of aromatic nitrogens is 2. The van der Waals surface area contributed by atoms with E-state index < -0.39 is 0 Å². The van der Waals surface area contributed by atoms with Crippen molar-refractivity contribution < 1.29 is 0 Å². The van der Waals surface area contributed by atoms with Gasteiger partial charge in [0, 0.05) is 18.5 Å². The van der Waals surface area contributed by atoms with E-state index in [0.29, 0.717) is 12.0 Å². The van der Waals surface area contributed by atoms with Crippen LogP contribution in [0.2, 0.25) is 0 Å². The molecule has 1 unspecified atom stereocenters. The number of imidazole rings is 1. The number of rotatable bonds is 4. The zero-order valence-corrected chi connectivity index (χ0v) is 12.6. The van der Waals surface area contributed by atoms with Crippen LogP contribution < -0.4 is 5.32 Å². The molecule has 1 N–H and O–H groups in total. The van der Waals surface area contributed by atoms with Gasteiger partial charge in [0.1, 0.15) is 5.82 Å². The summed E-state index contributed by atoms with van der Waals surface area (Å²) in [5.41, 5.74) is 2.42. The molecule has 0 amide bonds. The number of benzene rings is 1. The predicted octanol–water partition coefficient (Wildman–Crippen LogP) is 3.69. The number of hydrogen-bond acceptors (Lipinski definition) is 2. The van der Waals surface area contributed by atoms with Gasteiger partial charge in [0.2, 0.25) is 0 Å². The van der Waals surface area contributed by atoms with Gasteiger partial charge in [-0.25, -0.2) is 4.98 Å². The lowest BCUT2D eigenvalue weighted by Crippen LogP contribution is -2.34. The molecule has 1 fully saturated rings. The van der Waals surface area contributed by atoms with Crippen LogP contribution in [0.5, 0.6) is 0 Å². The second-order valence-electron chi connectivity index (χ2n) is 6.20. The Morgan fingerprint density at radius 2 is 2.15 bits per heavy atom. The Morgan fingerprint density at radius 3 is 2.90 bits per heavy atom. The van der Waals surface area contributed by atoms with E-state index in [1.807, 2.05) is 0 Å². The lowest BCUT2D eigenvalue weighted by atomic mass is 10.0. The third-order valence-corrected chi connectivity index (χ3v) is 4.31. The fourth-order valence-corrected chi connectivity index (χ4v) is 3.23. The van der Waals surface area contributed by atoms with Gasteiger partial charge >= 0.3 is 0 Å². The minimum atomic E-state index is 0.474. The number of hydrogen-bond donors (Lipinski definition) is 1. The maximum Gasteiger partial charge on any atom is 0.112 e. The molecule has 3 nitrogen and oxygen atoms in total. The maximum absolute atomic E-state index is 4.82. The summed E-state index contributed by atoms with van der Waals surface area (Å²) in [6, 6.07) is 9.19. The molecule has 108 valence electrons. The van der Waals surface area contributed by atoms with E-state index in [9.17, 15) is 0 Å². The summed E-state index contributed by atoms with van der Waals surface area (Å²) in [5.74, 6) is 1.70. The molecular weight excluding hydrogens is 246 g/mol. The fourth-order valence-electron chi connectivity index (χ4n) is 3.23. The van der Waals surface area contributed by atoms with Crippen molar-refractivity contribution in [2.45, 2.75) is 58.0 Å². The smallest absolute Gasteiger partial charge is 0.112 e. The SMILES string of the molecule is CC(C)c1nc2ccccc2n1CCC1CCCCN1. The third-order valence-electron chi connectivity index (χ3n) is 4.31. The Labute approximate surface area is 121 Å². The van der Waals surface area contributed by atoms with Crippen LogP contribution in [0.3, 0.4) is 0 Å². The lowest BCUT2D eigenvalue weighted by molar-refractivity contribution is 0.365. The molecule has 1 aliphatic heterocycles. The van der Waals surface area contributed by atoms with Gasteiger partial charge in [0.15, 0.2) is 0 Å². The van der Waals surface area contributed by atoms with E-state index in [1.165, 1.54) is 43.6 Å². The molecule has 3 heteroatoms. The summed E-state index contributed by atoms with van der Waals surface area (Å²) in [6.07, 6.45) is 5.24. The molecule has 0 saturated carbocycles. The Hall–Kier alpha value is -1.35. The van der Waals surface area contributed by atoms with Crippen molar-refractivity contribution in [2.75, 3.05) is 6.54 Å². The monoisotopic (exact) mass is 271 g/mol. The maximum atomic E-state index is 4.82. The first-order valence-electron chi connectivity index (χ1n) is 7.94. The lowest BCUT2D eigenvalue weighted by Gasteiger charge is -2.24. The van der Waals surface area contributed by atoms with Crippen LogP contribution in [0, 0.1) is 0 Å². The van der Waals surface area contributed by atoms with E-state index in [1.54, 1.807) is 0 Å². The Morgan fingerprint density at radius 1 is 1.30 bits per heavy atom. The first-order chi connectivity index (χ1) is 9.75. The van der Waals surface area contributed by atoms with Gasteiger partial charge in [0.25, 0.3) is 0 Å². The Balaban J connectivity index is 1.83. The van der Waals surface area contributed by atoms with E-state index in [0.717, 1.165) is 12.1 Å². The molecule has 0 aliphatic carbocycles. The van der Waals surface area contributed by atoms with Crippen LogP contribution in [-0.2, 0) is 6.54 Å².